The van der Waals surface area contributed by atoms with Gasteiger partial charge < -0.3 is 5.73 Å². The summed E-state index contributed by atoms with van der Waals surface area (Å²) in [6, 6.07) is 8.75. The Morgan fingerprint density at radius 3 is 2.57 bits per heavy atom. The van der Waals surface area contributed by atoms with Crippen molar-refractivity contribution in [1.29, 1.82) is 0 Å². The molecule has 1 aromatic carbocycles. The Morgan fingerprint density at radius 2 is 2.00 bits per heavy atom. The van der Waals surface area contributed by atoms with Crippen LogP contribution in [0, 0.1) is 5.82 Å². The zero-order valence-electron chi connectivity index (χ0n) is 12.0. The number of nitrogens with zero attached hydrogens (tertiary/aromatic N) is 2. The number of rotatable bonds is 6. The van der Waals surface area contributed by atoms with Gasteiger partial charge in [0.1, 0.15) is 5.82 Å². The summed E-state index contributed by atoms with van der Waals surface area (Å²) in [4.78, 5) is 6.26. The standard InChI is InChI=1S/C16H19ClFN3/c1-2-21(11-12-5-7-20-8-6-12)16(10-19)13-3-4-15(18)14(17)9-13/h3-9,16H,2,10-11,19H2,1H3. The van der Waals surface area contributed by atoms with E-state index >= 15 is 0 Å². The molecule has 0 aliphatic carbocycles. The lowest BCUT2D eigenvalue weighted by molar-refractivity contribution is 0.203. The number of hydrogen-bond donors (Lipinski definition) is 1. The molecule has 1 atom stereocenters. The van der Waals surface area contributed by atoms with Crippen LogP contribution >= 0.6 is 11.6 Å². The van der Waals surface area contributed by atoms with Crippen molar-refractivity contribution in [2.45, 2.75) is 19.5 Å². The van der Waals surface area contributed by atoms with Gasteiger partial charge in [0.05, 0.1) is 5.02 Å². The van der Waals surface area contributed by atoms with Gasteiger partial charge in [-0.2, -0.15) is 0 Å². The van der Waals surface area contributed by atoms with Crippen molar-refractivity contribution in [1.82, 2.24) is 9.88 Å². The molecule has 0 aliphatic rings. The van der Waals surface area contributed by atoms with E-state index in [4.69, 9.17) is 17.3 Å². The van der Waals surface area contributed by atoms with E-state index in [1.807, 2.05) is 12.1 Å². The van der Waals surface area contributed by atoms with Crippen LogP contribution in [0.4, 0.5) is 4.39 Å². The number of likely N-dealkylation sites (N-methyl/N-ethyl adjacent to an activating group) is 1. The molecule has 1 unspecified atom stereocenters. The minimum atomic E-state index is -0.409. The van der Waals surface area contributed by atoms with Crippen molar-refractivity contribution in [3.8, 4) is 0 Å². The van der Waals surface area contributed by atoms with Crippen LogP contribution in [-0.4, -0.2) is 23.0 Å². The van der Waals surface area contributed by atoms with Crippen LogP contribution in [0.1, 0.15) is 24.1 Å². The smallest absolute Gasteiger partial charge is 0.141 e. The van der Waals surface area contributed by atoms with E-state index in [2.05, 4.69) is 16.8 Å². The highest BCUT2D eigenvalue weighted by atomic mass is 35.5. The molecule has 2 aromatic rings. The summed E-state index contributed by atoms with van der Waals surface area (Å²) < 4.78 is 13.3. The molecule has 2 rings (SSSR count). The zero-order chi connectivity index (χ0) is 15.2. The van der Waals surface area contributed by atoms with Gasteiger partial charge in [-0.3, -0.25) is 9.88 Å². The van der Waals surface area contributed by atoms with Crippen molar-refractivity contribution >= 4 is 11.6 Å². The Bertz CT molecular complexity index is 577. The normalized spacial score (nSPS) is 12.6. The molecule has 0 spiro atoms. The molecular formula is C16H19ClFN3. The van der Waals surface area contributed by atoms with E-state index in [1.54, 1.807) is 24.5 Å². The Hall–Kier alpha value is -1.49. The minimum Gasteiger partial charge on any atom is -0.329 e. The van der Waals surface area contributed by atoms with Crippen molar-refractivity contribution in [2.75, 3.05) is 13.1 Å². The van der Waals surface area contributed by atoms with Gasteiger partial charge in [-0.15, -0.1) is 0 Å². The maximum Gasteiger partial charge on any atom is 0.141 e. The van der Waals surface area contributed by atoms with Crippen LogP contribution in [0.15, 0.2) is 42.7 Å². The van der Waals surface area contributed by atoms with Gasteiger partial charge in [-0.05, 0) is 41.9 Å². The monoisotopic (exact) mass is 307 g/mol. The zero-order valence-corrected chi connectivity index (χ0v) is 12.7. The number of aromatic nitrogens is 1. The molecule has 3 nitrogen and oxygen atoms in total. The molecule has 0 saturated heterocycles. The van der Waals surface area contributed by atoms with E-state index in [-0.39, 0.29) is 11.1 Å². The van der Waals surface area contributed by atoms with Gasteiger partial charge in [0.25, 0.3) is 0 Å². The van der Waals surface area contributed by atoms with E-state index < -0.39 is 5.82 Å². The van der Waals surface area contributed by atoms with Crippen LogP contribution in [0.25, 0.3) is 0 Å². The molecule has 0 amide bonds. The number of nitrogens with two attached hydrogens (primary N) is 1. The van der Waals surface area contributed by atoms with Crippen LogP contribution in [0.3, 0.4) is 0 Å². The van der Waals surface area contributed by atoms with E-state index in [0.29, 0.717) is 6.54 Å². The molecule has 0 fully saturated rings. The minimum absolute atomic E-state index is 0.00117. The Labute approximate surface area is 129 Å². The van der Waals surface area contributed by atoms with E-state index in [9.17, 15) is 4.39 Å². The second-order valence-corrected chi connectivity index (χ2v) is 5.25. The lowest BCUT2D eigenvalue weighted by Gasteiger charge is -2.30. The number of hydrogen-bond acceptors (Lipinski definition) is 3. The lowest BCUT2D eigenvalue weighted by atomic mass is 10.0. The second-order valence-electron chi connectivity index (χ2n) is 4.84. The summed E-state index contributed by atoms with van der Waals surface area (Å²) in [6.45, 7) is 4.12. The molecule has 0 saturated carbocycles. The number of halogens is 2. The molecule has 1 aromatic heterocycles. The maximum atomic E-state index is 13.3. The molecule has 5 heteroatoms. The third kappa shape index (κ3) is 4.00. The fraction of sp³-hybridized carbons (Fsp3) is 0.312. The summed E-state index contributed by atoms with van der Waals surface area (Å²) in [5.74, 6) is -0.409. The Balaban J connectivity index is 2.22. The second kappa shape index (κ2) is 7.50. The first-order chi connectivity index (χ1) is 10.2. The first-order valence-corrected chi connectivity index (χ1v) is 7.31. The summed E-state index contributed by atoms with van der Waals surface area (Å²) in [5, 5.41) is 0.130. The summed E-state index contributed by atoms with van der Waals surface area (Å²) in [7, 11) is 0. The summed E-state index contributed by atoms with van der Waals surface area (Å²) in [5.41, 5.74) is 8.03. The van der Waals surface area contributed by atoms with Gasteiger partial charge in [-0.25, -0.2) is 4.39 Å². The average molecular weight is 308 g/mol. The quantitative estimate of drug-likeness (QED) is 0.889. The lowest BCUT2D eigenvalue weighted by Crippen LogP contribution is -2.33. The van der Waals surface area contributed by atoms with Crippen molar-refractivity contribution in [2.24, 2.45) is 5.73 Å². The van der Waals surface area contributed by atoms with E-state index in [0.717, 1.165) is 18.7 Å². The van der Waals surface area contributed by atoms with Crippen molar-refractivity contribution < 1.29 is 4.39 Å². The molecule has 2 N–H and O–H groups in total. The van der Waals surface area contributed by atoms with Gasteiger partial charge >= 0.3 is 0 Å². The number of benzene rings is 1. The largest absolute Gasteiger partial charge is 0.329 e. The highest BCUT2D eigenvalue weighted by Crippen LogP contribution is 2.25. The van der Waals surface area contributed by atoms with Gasteiger partial charge in [-0.1, -0.05) is 24.6 Å². The van der Waals surface area contributed by atoms with Crippen LogP contribution in [-0.2, 0) is 6.54 Å². The summed E-state index contributed by atoms with van der Waals surface area (Å²) >= 11 is 5.88. The molecule has 21 heavy (non-hydrogen) atoms. The van der Waals surface area contributed by atoms with Crippen molar-refractivity contribution in [3.05, 3.63) is 64.7 Å². The van der Waals surface area contributed by atoms with E-state index in [1.165, 1.54) is 11.6 Å². The maximum absolute atomic E-state index is 13.3. The highest BCUT2D eigenvalue weighted by molar-refractivity contribution is 6.30. The Kier molecular flexibility index (Phi) is 5.67. The molecule has 0 bridgehead atoms. The third-order valence-corrected chi connectivity index (χ3v) is 3.82. The SMILES string of the molecule is CCN(Cc1ccncc1)C(CN)c1ccc(F)c(Cl)c1. The summed E-state index contributed by atoms with van der Waals surface area (Å²) in [6.07, 6.45) is 3.55. The molecule has 0 aliphatic heterocycles. The predicted molar refractivity (Wildman–Crippen MR) is 83.5 cm³/mol. The van der Waals surface area contributed by atoms with Crippen molar-refractivity contribution in [3.63, 3.8) is 0 Å². The first-order valence-electron chi connectivity index (χ1n) is 6.93. The van der Waals surface area contributed by atoms with Crippen LogP contribution in [0.5, 0.6) is 0 Å². The predicted octanol–water partition coefficient (Wildman–Crippen LogP) is 3.40. The van der Waals surface area contributed by atoms with Crippen LogP contribution in [0.2, 0.25) is 5.02 Å². The topological polar surface area (TPSA) is 42.2 Å². The molecule has 1 heterocycles. The van der Waals surface area contributed by atoms with Gasteiger partial charge in [0.15, 0.2) is 0 Å². The van der Waals surface area contributed by atoms with Gasteiger partial charge in [0.2, 0.25) is 0 Å². The third-order valence-electron chi connectivity index (χ3n) is 3.53. The molecule has 112 valence electrons. The Morgan fingerprint density at radius 1 is 1.29 bits per heavy atom. The highest BCUT2D eigenvalue weighted by Gasteiger charge is 2.19. The molecular weight excluding hydrogens is 289 g/mol. The average Bonchev–Trinajstić information content (AvgIpc) is 2.51. The van der Waals surface area contributed by atoms with Crippen LogP contribution < -0.4 is 5.73 Å². The molecule has 0 radical (unpaired) electrons. The first kappa shape index (κ1) is 15.9. The number of pyridine rings is 1. The fourth-order valence-electron chi connectivity index (χ4n) is 2.38. The fourth-order valence-corrected chi connectivity index (χ4v) is 2.57. The van der Waals surface area contributed by atoms with Gasteiger partial charge in [0, 0.05) is 31.5 Å².